The van der Waals surface area contributed by atoms with Crippen LogP contribution in [0.25, 0.3) is 20.8 Å². The molecule has 0 saturated carbocycles. The second-order valence-electron chi connectivity index (χ2n) is 3.96. The van der Waals surface area contributed by atoms with Crippen LogP contribution in [0.2, 0.25) is 15.1 Å². The summed E-state index contributed by atoms with van der Waals surface area (Å²) in [5, 5.41) is 2.38. The maximum absolute atomic E-state index is 6.15. The Morgan fingerprint density at radius 2 is 1.84 bits per heavy atom. The summed E-state index contributed by atoms with van der Waals surface area (Å²) in [5.74, 6) is 0. The van der Waals surface area contributed by atoms with Crippen LogP contribution < -0.4 is 5.73 Å². The van der Waals surface area contributed by atoms with Crippen molar-refractivity contribution in [3.8, 4) is 10.6 Å². The van der Waals surface area contributed by atoms with Crippen molar-refractivity contribution >= 4 is 62.0 Å². The molecule has 0 aliphatic rings. The topological polar surface area (TPSA) is 38.9 Å². The van der Waals surface area contributed by atoms with Gasteiger partial charge in [0.25, 0.3) is 0 Å². The van der Waals surface area contributed by atoms with Crippen LogP contribution in [0.15, 0.2) is 30.3 Å². The van der Waals surface area contributed by atoms with Crippen molar-refractivity contribution in [1.29, 1.82) is 0 Å². The number of nitrogens with zero attached hydrogens (tertiary/aromatic N) is 1. The molecule has 6 heteroatoms. The molecule has 3 aromatic rings. The summed E-state index contributed by atoms with van der Waals surface area (Å²) in [6.45, 7) is 0. The first-order valence-electron chi connectivity index (χ1n) is 5.36. The van der Waals surface area contributed by atoms with Gasteiger partial charge in [-0.2, -0.15) is 0 Å². The van der Waals surface area contributed by atoms with E-state index in [1.807, 2.05) is 18.2 Å². The highest BCUT2D eigenvalue weighted by Crippen LogP contribution is 2.40. The van der Waals surface area contributed by atoms with Gasteiger partial charge in [-0.1, -0.05) is 40.9 Å². The van der Waals surface area contributed by atoms with Crippen LogP contribution in [0.1, 0.15) is 0 Å². The monoisotopic (exact) mass is 328 g/mol. The van der Waals surface area contributed by atoms with Gasteiger partial charge in [0.1, 0.15) is 5.01 Å². The summed E-state index contributed by atoms with van der Waals surface area (Å²) in [4.78, 5) is 4.52. The van der Waals surface area contributed by atoms with Crippen LogP contribution in [-0.2, 0) is 0 Å². The first kappa shape index (κ1) is 13.0. The molecule has 0 bridgehead atoms. The summed E-state index contributed by atoms with van der Waals surface area (Å²) in [7, 11) is 0. The molecule has 2 aromatic carbocycles. The van der Waals surface area contributed by atoms with E-state index in [1.165, 1.54) is 11.3 Å². The fraction of sp³-hybridized carbons (Fsp3) is 0. The number of nitrogens with two attached hydrogens (primary N) is 1. The van der Waals surface area contributed by atoms with Crippen LogP contribution in [0, 0.1) is 0 Å². The lowest BCUT2D eigenvalue weighted by Gasteiger charge is -2.05. The summed E-state index contributed by atoms with van der Waals surface area (Å²) in [6.07, 6.45) is 0. The van der Waals surface area contributed by atoms with Gasteiger partial charge in [-0.3, -0.25) is 0 Å². The van der Waals surface area contributed by atoms with Crippen molar-refractivity contribution in [1.82, 2.24) is 4.98 Å². The number of aromatic nitrogens is 1. The fourth-order valence-corrected chi connectivity index (χ4v) is 3.57. The lowest BCUT2D eigenvalue weighted by Crippen LogP contribution is -1.91. The third-order valence-corrected chi connectivity index (χ3v) is 4.79. The van der Waals surface area contributed by atoms with Crippen LogP contribution in [-0.4, -0.2) is 4.98 Å². The third kappa shape index (κ3) is 2.28. The standard InChI is InChI=1S/C13H7Cl3N2S/c14-6-4-7(11(17)9(16)5-6)13-18-10-3-1-2-8(15)12(10)19-13/h1-5H,17H2. The number of hydrogen-bond acceptors (Lipinski definition) is 3. The highest BCUT2D eigenvalue weighted by atomic mass is 35.5. The van der Waals surface area contributed by atoms with Crippen molar-refractivity contribution in [2.45, 2.75) is 0 Å². The van der Waals surface area contributed by atoms with E-state index in [9.17, 15) is 0 Å². The van der Waals surface area contributed by atoms with Gasteiger partial charge in [0.15, 0.2) is 0 Å². The number of rotatable bonds is 1. The van der Waals surface area contributed by atoms with Gasteiger partial charge >= 0.3 is 0 Å². The summed E-state index contributed by atoms with van der Waals surface area (Å²) >= 11 is 19.7. The molecular weight excluding hydrogens is 323 g/mol. The van der Waals surface area contributed by atoms with Gasteiger partial charge in [-0.15, -0.1) is 11.3 Å². The average Bonchev–Trinajstić information content (AvgIpc) is 2.79. The second-order valence-corrected chi connectivity index (χ2v) is 6.21. The Kier molecular flexibility index (Phi) is 3.31. The largest absolute Gasteiger partial charge is 0.397 e. The zero-order chi connectivity index (χ0) is 13.6. The van der Waals surface area contributed by atoms with Gasteiger partial charge in [0.05, 0.1) is 25.9 Å². The average molecular weight is 330 g/mol. The highest BCUT2D eigenvalue weighted by Gasteiger charge is 2.13. The SMILES string of the molecule is Nc1c(Cl)cc(Cl)cc1-c1nc2cccc(Cl)c2s1. The van der Waals surface area contributed by atoms with E-state index in [2.05, 4.69) is 4.98 Å². The van der Waals surface area contributed by atoms with Gasteiger partial charge in [-0.25, -0.2) is 4.98 Å². The van der Waals surface area contributed by atoms with Crippen molar-refractivity contribution < 1.29 is 0 Å². The molecule has 0 aliphatic carbocycles. The van der Waals surface area contributed by atoms with E-state index in [0.717, 1.165) is 20.8 Å². The Balaban J connectivity index is 2.28. The van der Waals surface area contributed by atoms with Gasteiger partial charge in [-0.05, 0) is 24.3 Å². The minimum atomic E-state index is 0.424. The molecule has 0 spiro atoms. The lowest BCUT2D eigenvalue weighted by molar-refractivity contribution is 1.48. The van der Waals surface area contributed by atoms with E-state index in [-0.39, 0.29) is 0 Å². The molecule has 2 N–H and O–H groups in total. The van der Waals surface area contributed by atoms with E-state index in [1.54, 1.807) is 12.1 Å². The van der Waals surface area contributed by atoms with Gasteiger partial charge in [0.2, 0.25) is 0 Å². The first-order chi connectivity index (χ1) is 9.06. The Labute approximate surface area is 128 Å². The highest BCUT2D eigenvalue weighted by molar-refractivity contribution is 7.22. The van der Waals surface area contributed by atoms with Gasteiger partial charge < -0.3 is 5.73 Å². The molecule has 3 rings (SSSR count). The van der Waals surface area contributed by atoms with Gasteiger partial charge in [0, 0.05) is 10.6 Å². The predicted octanol–water partition coefficient (Wildman–Crippen LogP) is 5.51. The number of nitrogen functional groups attached to an aromatic ring is 1. The van der Waals surface area contributed by atoms with Crippen LogP contribution in [0.5, 0.6) is 0 Å². The fourth-order valence-electron chi connectivity index (χ4n) is 1.79. The lowest BCUT2D eigenvalue weighted by atomic mass is 10.2. The predicted molar refractivity (Wildman–Crippen MR) is 84.5 cm³/mol. The smallest absolute Gasteiger partial charge is 0.126 e. The quantitative estimate of drug-likeness (QED) is 0.598. The first-order valence-corrected chi connectivity index (χ1v) is 7.31. The zero-order valence-electron chi connectivity index (χ0n) is 9.45. The molecule has 0 atom stereocenters. The normalized spacial score (nSPS) is 11.1. The molecule has 1 aromatic heterocycles. The van der Waals surface area contributed by atoms with Crippen molar-refractivity contribution in [3.05, 3.63) is 45.4 Å². The van der Waals surface area contributed by atoms with Crippen LogP contribution in [0.3, 0.4) is 0 Å². The molecule has 0 radical (unpaired) electrons. The van der Waals surface area contributed by atoms with E-state index in [4.69, 9.17) is 40.5 Å². The van der Waals surface area contributed by atoms with E-state index < -0.39 is 0 Å². The molecule has 2 nitrogen and oxygen atoms in total. The molecule has 0 amide bonds. The molecule has 0 fully saturated rings. The number of anilines is 1. The maximum atomic E-state index is 6.15. The summed E-state index contributed by atoms with van der Waals surface area (Å²) in [5.41, 5.74) is 8.03. The number of hydrogen-bond donors (Lipinski definition) is 1. The van der Waals surface area contributed by atoms with Crippen molar-refractivity contribution in [2.75, 3.05) is 5.73 Å². The Hall–Kier alpha value is -1.000. The molecule has 0 unspecified atom stereocenters. The summed E-state index contributed by atoms with van der Waals surface area (Å²) < 4.78 is 0.926. The molecule has 19 heavy (non-hydrogen) atoms. The van der Waals surface area contributed by atoms with Crippen molar-refractivity contribution in [3.63, 3.8) is 0 Å². The summed E-state index contributed by atoms with van der Waals surface area (Å²) in [6, 6.07) is 8.98. The van der Waals surface area contributed by atoms with E-state index in [0.29, 0.717) is 20.8 Å². The van der Waals surface area contributed by atoms with Crippen LogP contribution >= 0.6 is 46.1 Å². The number of fused-ring (bicyclic) bond motifs is 1. The number of benzene rings is 2. The Morgan fingerprint density at radius 1 is 1.05 bits per heavy atom. The Bertz CT molecular complexity index is 783. The minimum absolute atomic E-state index is 0.424. The van der Waals surface area contributed by atoms with E-state index >= 15 is 0 Å². The van der Waals surface area contributed by atoms with Crippen molar-refractivity contribution in [2.24, 2.45) is 0 Å². The third-order valence-electron chi connectivity index (χ3n) is 2.69. The van der Waals surface area contributed by atoms with Crippen LogP contribution in [0.4, 0.5) is 5.69 Å². The maximum Gasteiger partial charge on any atom is 0.126 e. The molecular formula is C13H7Cl3N2S. The zero-order valence-corrected chi connectivity index (χ0v) is 12.5. The number of halogens is 3. The molecule has 1 heterocycles. The molecule has 0 aliphatic heterocycles. The molecule has 0 saturated heterocycles. The minimum Gasteiger partial charge on any atom is -0.397 e. The number of thiazole rings is 1. The molecule has 96 valence electrons. The Morgan fingerprint density at radius 3 is 2.58 bits per heavy atom. The second kappa shape index (κ2) is 4.84.